The summed E-state index contributed by atoms with van der Waals surface area (Å²) in [5.74, 6) is 2.31. The molecule has 0 spiro atoms. The number of hydrogen-bond acceptors (Lipinski definition) is 4. The van der Waals surface area contributed by atoms with Crippen molar-refractivity contribution < 1.29 is 19.1 Å². The zero-order valence-electron chi connectivity index (χ0n) is 17.9. The van der Waals surface area contributed by atoms with Gasteiger partial charge in [-0.1, -0.05) is 26.7 Å². The van der Waals surface area contributed by atoms with Gasteiger partial charge in [-0.3, -0.25) is 14.4 Å². The highest BCUT2D eigenvalue weighted by atomic mass is 16.5. The monoisotopic (exact) mass is 404 g/mol. The Morgan fingerprint density at radius 3 is 2.21 bits per heavy atom. The summed E-state index contributed by atoms with van der Waals surface area (Å²) in [5.41, 5.74) is -0.264. The van der Waals surface area contributed by atoms with Crippen molar-refractivity contribution in [3.8, 4) is 0 Å². The Bertz CT molecular complexity index is 626. The van der Waals surface area contributed by atoms with Gasteiger partial charge in [0.15, 0.2) is 6.61 Å². The van der Waals surface area contributed by atoms with Gasteiger partial charge in [0.25, 0.3) is 5.91 Å². The predicted octanol–water partition coefficient (Wildman–Crippen LogP) is 2.80. The SMILES string of the molecule is C[C@@H]1[C@H](C)CCC[C@@H]1NC(=O)COC(=O)CNC(=O)C12CC3CC(CC(C3)C1)C2. The van der Waals surface area contributed by atoms with Gasteiger partial charge in [0.2, 0.25) is 5.91 Å². The molecule has 0 radical (unpaired) electrons. The van der Waals surface area contributed by atoms with Crippen molar-refractivity contribution in [1.29, 1.82) is 0 Å². The zero-order valence-corrected chi connectivity index (χ0v) is 17.9. The Labute approximate surface area is 173 Å². The van der Waals surface area contributed by atoms with Crippen molar-refractivity contribution in [2.45, 2.75) is 77.7 Å². The van der Waals surface area contributed by atoms with Crippen LogP contribution in [0, 0.1) is 35.0 Å². The molecule has 0 aromatic heterocycles. The molecule has 6 nitrogen and oxygen atoms in total. The van der Waals surface area contributed by atoms with Crippen molar-refractivity contribution in [2.75, 3.05) is 13.2 Å². The molecule has 5 saturated carbocycles. The Morgan fingerprint density at radius 1 is 0.966 bits per heavy atom. The molecule has 2 amide bonds. The molecule has 4 bridgehead atoms. The maximum absolute atomic E-state index is 12.9. The zero-order chi connectivity index (χ0) is 20.6. The summed E-state index contributed by atoms with van der Waals surface area (Å²) >= 11 is 0. The molecule has 0 unspecified atom stereocenters. The number of amides is 2. The van der Waals surface area contributed by atoms with Crippen LogP contribution in [-0.4, -0.2) is 37.0 Å². The number of hydrogen-bond donors (Lipinski definition) is 2. The maximum Gasteiger partial charge on any atom is 0.325 e. The van der Waals surface area contributed by atoms with Crippen molar-refractivity contribution in [3.05, 3.63) is 0 Å². The molecule has 2 N–H and O–H groups in total. The molecule has 5 fully saturated rings. The van der Waals surface area contributed by atoms with E-state index >= 15 is 0 Å². The fraction of sp³-hybridized carbons (Fsp3) is 0.870. The highest BCUT2D eigenvalue weighted by Crippen LogP contribution is 2.60. The van der Waals surface area contributed by atoms with Gasteiger partial charge < -0.3 is 15.4 Å². The predicted molar refractivity (Wildman–Crippen MR) is 109 cm³/mol. The van der Waals surface area contributed by atoms with E-state index in [1.807, 2.05) is 0 Å². The maximum atomic E-state index is 12.9. The van der Waals surface area contributed by atoms with E-state index in [0.29, 0.717) is 29.6 Å². The molecule has 29 heavy (non-hydrogen) atoms. The molecule has 5 aliphatic rings. The van der Waals surface area contributed by atoms with Crippen LogP contribution in [0.2, 0.25) is 0 Å². The second kappa shape index (κ2) is 8.27. The van der Waals surface area contributed by atoms with Gasteiger partial charge in [0.05, 0.1) is 0 Å². The van der Waals surface area contributed by atoms with Gasteiger partial charge in [-0.05, 0) is 74.5 Å². The average molecular weight is 405 g/mol. The van der Waals surface area contributed by atoms with Crippen molar-refractivity contribution in [2.24, 2.45) is 35.0 Å². The lowest BCUT2D eigenvalue weighted by atomic mass is 9.49. The van der Waals surface area contributed by atoms with Gasteiger partial charge >= 0.3 is 5.97 Å². The first-order valence-electron chi connectivity index (χ1n) is 11.6. The summed E-state index contributed by atoms with van der Waals surface area (Å²) < 4.78 is 5.11. The minimum absolute atomic E-state index is 0.0167. The molecular formula is C23H36N2O4. The highest BCUT2D eigenvalue weighted by molar-refractivity contribution is 5.87. The largest absolute Gasteiger partial charge is 0.454 e. The third-order valence-electron chi connectivity index (χ3n) is 8.33. The minimum atomic E-state index is -0.539. The first-order chi connectivity index (χ1) is 13.8. The summed E-state index contributed by atoms with van der Waals surface area (Å²) in [5, 5.41) is 5.82. The van der Waals surface area contributed by atoms with E-state index in [9.17, 15) is 14.4 Å². The molecule has 0 aromatic carbocycles. The second-order valence-corrected chi connectivity index (χ2v) is 10.5. The van der Waals surface area contributed by atoms with Crippen LogP contribution >= 0.6 is 0 Å². The number of carbonyl (C=O) groups is 3. The molecule has 162 valence electrons. The number of carbonyl (C=O) groups excluding carboxylic acids is 3. The van der Waals surface area contributed by atoms with E-state index in [-0.39, 0.29) is 36.4 Å². The summed E-state index contributed by atoms with van der Waals surface area (Å²) in [4.78, 5) is 37.1. The lowest BCUT2D eigenvalue weighted by Crippen LogP contribution is -2.54. The van der Waals surface area contributed by atoms with Gasteiger partial charge in [0.1, 0.15) is 6.54 Å². The number of nitrogens with one attached hydrogen (secondary N) is 2. The van der Waals surface area contributed by atoms with Crippen molar-refractivity contribution in [1.82, 2.24) is 10.6 Å². The Hall–Kier alpha value is -1.59. The van der Waals surface area contributed by atoms with Crippen LogP contribution in [0.15, 0.2) is 0 Å². The molecule has 5 aliphatic carbocycles. The standard InChI is InChI=1S/C23H36N2O4/c1-14-4-3-5-19(15(14)2)25-20(26)13-29-21(27)12-24-22(28)23-9-16-6-17(10-23)8-18(7-16)11-23/h14-19H,3-13H2,1-2H3,(H,24,28)(H,25,26)/t14-,15-,16?,17?,18?,19+,23?/m1/s1. The number of rotatable bonds is 6. The number of esters is 1. The highest BCUT2D eigenvalue weighted by Gasteiger charge is 2.54. The summed E-state index contributed by atoms with van der Waals surface area (Å²) in [6.07, 6.45) is 10.1. The van der Waals surface area contributed by atoms with Crippen LogP contribution in [0.1, 0.15) is 71.6 Å². The topological polar surface area (TPSA) is 84.5 Å². The Balaban J connectivity index is 1.18. The first-order valence-corrected chi connectivity index (χ1v) is 11.6. The van der Waals surface area contributed by atoms with E-state index in [4.69, 9.17) is 4.74 Å². The van der Waals surface area contributed by atoms with E-state index in [1.54, 1.807) is 0 Å². The van der Waals surface area contributed by atoms with Gasteiger partial charge in [-0.2, -0.15) is 0 Å². The molecule has 3 atom stereocenters. The fourth-order valence-electron chi connectivity index (χ4n) is 6.96. The molecule has 6 heteroatoms. The number of ether oxygens (including phenoxy) is 1. The molecule has 0 heterocycles. The molecule has 0 aliphatic heterocycles. The first kappa shape index (κ1) is 20.7. The average Bonchev–Trinajstić information content (AvgIpc) is 2.67. The van der Waals surface area contributed by atoms with Crippen LogP contribution in [0.3, 0.4) is 0 Å². The Kier molecular flexibility index (Phi) is 5.90. The molecule has 0 saturated heterocycles. The van der Waals surface area contributed by atoms with Gasteiger partial charge in [0, 0.05) is 11.5 Å². The molecular weight excluding hydrogens is 368 g/mol. The third kappa shape index (κ3) is 4.46. The molecule has 0 aromatic rings. The fourth-order valence-corrected chi connectivity index (χ4v) is 6.96. The van der Waals surface area contributed by atoms with Gasteiger partial charge in [-0.15, -0.1) is 0 Å². The quantitative estimate of drug-likeness (QED) is 0.667. The van der Waals surface area contributed by atoms with E-state index < -0.39 is 5.97 Å². The lowest BCUT2D eigenvalue weighted by Gasteiger charge is -2.55. The second-order valence-electron chi connectivity index (χ2n) is 10.5. The summed E-state index contributed by atoms with van der Waals surface area (Å²) in [6.45, 7) is 3.96. The van der Waals surface area contributed by atoms with Crippen LogP contribution in [-0.2, 0) is 19.1 Å². The summed E-state index contributed by atoms with van der Waals surface area (Å²) in [7, 11) is 0. The lowest BCUT2D eigenvalue weighted by molar-refractivity contribution is -0.152. The normalized spacial score (nSPS) is 40.3. The van der Waals surface area contributed by atoms with Crippen molar-refractivity contribution >= 4 is 17.8 Å². The minimum Gasteiger partial charge on any atom is -0.454 e. The van der Waals surface area contributed by atoms with E-state index in [2.05, 4.69) is 24.5 Å². The van der Waals surface area contributed by atoms with Crippen molar-refractivity contribution in [3.63, 3.8) is 0 Å². The smallest absolute Gasteiger partial charge is 0.325 e. The molecule has 5 rings (SSSR count). The van der Waals surface area contributed by atoms with Crippen LogP contribution in [0.25, 0.3) is 0 Å². The Morgan fingerprint density at radius 2 is 1.59 bits per heavy atom. The van der Waals surface area contributed by atoms with Gasteiger partial charge in [-0.25, -0.2) is 0 Å². The third-order valence-corrected chi connectivity index (χ3v) is 8.33. The van der Waals surface area contributed by atoms with E-state index in [0.717, 1.165) is 32.1 Å². The van der Waals surface area contributed by atoms with Crippen LogP contribution in [0.4, 0.5) is 0 Å². The summed E-state index contributed by atoms with van der Waals surface area (Å²) in [6, 6.07) is 0.153. The van der Waals surface area contributed by atoms with Crippen LogP contribution in [0.5, 0.6) is 0 Å². The van der Waals surface area contributed by atoms with Crippen LogP contribution < -0.4 is 10.6 Å². The van der Waals surface area contributed by atoms with E-state index in [1.165, 1.54) is 25.7 Å².